The Hall–Kier alpha value is -1.32. The van der Waals surface area contributed by atoms with Crippen LogP contribution in [-0.4, -0.2) is 37.7 Å². The summed E-state index contributed by atoms with van der Waals surface area (Å²) in [4.78, 5) is 2.58. The molecule has 0 amide bonds. The third kappa shape index (κ3) is 5.32. The van der Waals surface area contributed by atoms with Crippen LogP contribution in [0.1, 0.15) is 69.1 Å². The van der Waals surface area contributed by atoms with E-state index in [0.717, 1.165) is 38.4 Å². The van der Waals surface area contributed by atoms with Gasteiger partial charge in [-0.15, -0.1) is 0 Å². The molecule has 0 saturated carbocycles. The molecule has 2 aliphatic rings. The number of piperidine rings is 1. The highest BCUT2D eigenvalue weighted by atomic mass is 16.5. The molecule has 1 atom stereocenters. The number of hydrogen-bond acceptors (Lipinski definition) is 3. The van der Waals surface area contributed by atoms with Crippen molar-refractivity contribution in [1.82, 2.24) is 4.90 Å². The van der Waals surface area contributed by atoms with Gasteiger partial charge in [-0.3, -0.25) is 0 Å². The summed E-state index contributed by atoms with van der Waals surface area (Å²) in [5.41, 5.74) is 2.50. The Bertz CT molecular complexity index is 549. The smallest absolute Gasteiger partial charge is 0.140 e. The highest BCUT2D eigenvalue weighted by Gasteiger charge is 2.27. The van der Waals surface area contributed by atoms with Gasteiger partial charge in [0.15, 0.2) is 0 Å². The Morgan fingerprint density at radius 3 is 2.68 bits per heavy atom. The predicted octanol–water partition coefficient (Wildman–Crippen LogP) is 5.18. The fourth-order valence-corrected chi connectivity index (χ4v) is 3.77. The minimum absolute atomic E-state index is 0.0146. The summed E-state index contributed by atoms with van der Waals surface area (Å²) in [6.07, 6.45) is 10.9. The van der Waals surface area contributed by atoms with E-state index >= 15 is 0 Å². The molecule has 1 aliphatic heterocycles. The summed E-state index contributed by atoms with van der Waals surface area (Å²) in [5.74, 6) is 0.996. The lowest BCUT2D eigenvalue weighted by Crippen LogP contribution is -2.31. The minimum atomic E-state index is -0.0146. The van der Waals surface area contributed by atoms with Crippen LogP contribution < -0.4 is 0 Å². The van der Waals surface area contributed by atoms with E-state index in [-0.39, 0.29) is 6.10 Å². The third-order valence-corrected chi connectivity index (χ3v) is 5.20. The van der Waals surface area contributed by atoms with E-state index in [9.17, 15) is 0 Å². The second-order valence-electron chi connectivity index (χ2n) is 7.24. The molecular weight excluding hydrogens is 310 g/mol. The Balaban J connectivity index is 1.48. The fourth-order valence-electron chi connectivity index (χ4n) is 3.77. The van der Waals surface area contributed by atoms with Crippen LogP contribution in [0.15, 0.2) is 30.0 Å². The first-order valence-corrected chi connectivity index (χ1v) is 10.2. The SMILES string of the molecule is CCCCCOC1=Cc2ccccc2C1OCCCN1CCCCC1. The lowest BCUT2D eigenvalue weighted by Gasteiger charge is -2.26. The third-order valence-electron chi connectivity index (χ3n) is 5.20. The molecule has 1 aromatic rings. The highest BCUT2D eigenvalue weighted by Crippen LogP contribution is 2.37. The summed E-state index contributed by atoms with van der Waals surface area (Å²) in [6.45, 7) is 7.49. The molecular formula is C22H33NO2. The topological polar surface area (TPSA) is 21.7 Å². The second kappa shape index (κ2) is 9.98. The van der Waals surface area contributed by atoms with Crippen LogP contribution in [0.3, 0.4) is 0 Å². The molecule has 1 unspecified atom stereocenters. The molecule has 3 nitrogen and oxygen atoms in total. The summed E-state index contributed by atoms with van der Waals surface area (Å²) in [6, 6.07) is 8.50. The van der Waals surface area contributed by atoms with Crippen molar-refractivity contribution in [3.8, 4) is 0 Å². The minimum Gasteiger partial charge on any atom is -0.495 e. The quantitative estimate of drug-likeness (QED) is 0.546. The number of fused-ring (bicyclic) bond motifs is 1. The lowest BCUT2D eigenvalue weighted by molar-refractivity contribution is 0.0267. The van der Waals surface area contributed by atoms with Crippen LogP contribution >= 0.6 is 0 Å². The van der Waals surface area contributed by atoms with Crippen molar-refractivity contribution in [2.45, 2.75) is 58.0 Å². The van der Waals surface area contributed by atoms with E-state index in [1.54, 1.807) is 0 Å². The first-order valence-electron chi connectivity index (χ1n) is 10.2. The van der Waals surface area contributed by atoms with Gasteiger partial charge in [0, 0.05) is 13.2 Å². The van der Waals surface area contributed by atoms with Gasteiger partial charge in [-0.25, -0.2) is 0 Å². The Labute approximate surface area is 153 Å². The van der Waals surface area contributed by atoms with E-state index in [2.05, 4.69) is 42.2 Å². The van der Waals surface area contributed by atoms with Gasteiger partial charge < -0.3 is 14.4 Å². The molecule has 0 aromatic heterocycles. The molecule has 0 radical (unpaired) electrons. The van der Waals surface area contributed by atoms with Gasteiger partial charge in [0.2, 0.25) is 0 Å². The van der Waals surface area contributed by atoms with Gasteiger partial charge in [-0.05, 0) is 56.0 Å². The Kier molecular flexibility index (Phi) is 7.37. The molecule has 3 rings (SSSR count). The number of rotatable bonds is 10. The zero-order valence-corrected chi connectivity index (χ0v) is 15.7. The molecule has 3 heteroatoms. The highest BCUT2D eigenvalue weighted by molar-refractivity contribution is 5.63. The number of likely N-dealkylation sites (tertiary alicyclic amines) is 1. The zero-order valence-electron chi connectivity index (χ0n) is 15.7. The van der Waals surface area contributed by atoms with Crippen LogP contribution in [0.25, 0.3) is 6.08 Å². The average molecular weight is 344 g/mol. The fraction of sp³-hybridized carbons (Fsp3) is 0.636. The van der Waals surface area contributed by atoms with Crippen molar-refractivity contribution < 1.29 is 9.47 Å². The van der Waals surface area contributed by atoms with Crippen molar-refractivity contribution in [3.63, 3.8) is 0 Å². The first kappa shape index (κ1) is 18.5. The van der Waals surface area contributed by atoms with Crippen molar-refractivity contribution in [3.05, 3.63) is 41.2 Å². The monoisotopic (exact) mass is 343 g/mol. The van der Waals surface area contributed by atoms with Gasteiger partial charge in [0.1, 0.15) is 11.9 Å². The van der Waals surface area contributed by atoms with Gasteiger partial charge in [-0.2, -0.15) is 0 Å². The van der Waals surface area contributed by atoms with Gasteiger partial charge in [0.05, 0.1) is 6.61 Å². The van der Waals surface area contributed by atoms with Crippen LogP contribution in [0.5, 0.6) is 0 Å². The van der Waals surface area contributed by atoms with Crippen LogP contribution in [0.2, 0.25) is 0 Å². The van der Waals surface area contributed by atoms with Crippen molar-refractivity contribution in [1.29, 1.82) is 0 Å². The lowest BCUT2D eigenvalue weighted by atomic mass is 10.1. The Morgan fingerprint density at radius 2 is 1.84 bits per heavy atom. The normalized spacial score (nSPS) is 20.4. The van der Waals surface area contributed by atoms with Crippen LogP contribution in [-0.2, 0) is 9.47 Å². The number of hydrogen-bond donors (Lipinski definition) is 0. The van der Waals surface area contributed by atoms with E-state index in [0.29, 0.717) is 0 Å². The van der Waals surface area contributed by atoms with E-state index < -0.39 is 0 Å². The molecule has 0 N–H and O–H groups in total. The number of benzene rings is 1. The summed E-state index contributed by atoms with van der Waals surface area (Å²) in [7, 11) is 0. The van der Waals surface area contributed by atoms with Gasteiger partial charge >= 0.3 is 0 Å². The molecule has 0 spiro atoms. The summed E-state index contributed by atoms with van der Waals surface area (Å²) >= 11 is 0. The van der Waals surface area contributed by atoms with Crippen molar-refractivity contribution in [2.24, 2.45) is 0 Å². The molecule has 1 heterocycles. The average Bonchev–Trinajstić information content (AvgIpc) is 3.01. The molecule has 1 fully saturated rings. The molecule has 138 valence electrons. The maximum atomic E-state index is 6.27. The van der Waals surface area contributed by atoms with Gasteiger partial charge in [0.25, 0.3) is 0 Å². The first-order chi connectivity index (χ1) is 12.4. The number of nitrogens with zero attached hydrogens (tertiary/aromatic N) is 1. The zero-order chi connectivity index (χ0) is 17.3. The standard InChI is InChI=1S/C22H33NO2/c1-2-3-9-16-24-21-18-19-11-5-6-12-20(19)22(21)25-17-10-15-23-13-7-4-8-14-23/h5-6,11-12,18,22H,2-4,7-10,13-17H2,1H3. The van der Waals surface area contributed by atoms with Crippen molar-refractivity contribution in [2.75, 3.05) is 32.8 Å². The summed E-state index contributed by atoms with van der Waals surface area (Å²) < 4.78 is 12.3. The molecule has 0 bridgehead atoms. The van der Waals surface area contributed by atoms with Crippen LogP contribution in [0, 0.1) is 0 Å². The summed E-state index contributed by atoms with van der Waals surface area (Å²) in [5, 5.41) is 0. The largest absolute Gasteiger partial charge is 0.495 e. The second-order valence-corrected chi connectivity index (χ2v) is 7.24. The number of unbranched alkanes of at least 4 members (excludes halogenated alkanes) is 2. The molecule has 25 heavy (non-hydrogen) atoms. The van der Waals surface area contributed by atoms with E-state index in [1.165, 1.54) is 56.3 Å². The van der Waals surface area contributed by atoms with E-state index in [1.807, 2.05) is 0 Å². The predicted molar refractivity (Wildman–Crippen MR) is 103 cm³/mol. The van der Waals surface area contributed by atoms with Gasteiger partial charge in [-0.1, -0.05) is 50.5 Å². The molecule has 1 aliphatic carbocycles. The maximum absolute atomic E-state index is 6.27. The van der Waals surface area contributed by atoms with Crippen LogP contribution in [0.4, 0.5) is 0 Å². The Morgan fingerprint density at radius 1 is 1.00 bits per heavy atom. The maximum Gasteiger partial charge on any atom is 0.140 e. The van der Waals surface area contributed by atoms with E-state index in [4.69, 9.17) is 9.47 Å². The molecule has 1 saturated heterocycles. The number of ether oxygens (including phenoxy) is 2. The van der Waals surface area contributed by atoms with Crippen molar-refractivity contribution >= 4 is 6.08 Å². The molecule has 1 aromatic carbocycles.